The van der Waals surface area contributed by atoms with Crippen LogP contribution < -0.4 is 0 Å². The van der Waals surface area contributed by atoms with Gasteiger partial charge in [0.25, 0.3) is 0 Å². The largest absolute Gasteiger partial charge is 0.465 e. The highest BCUT2D eigenvalue weighted by atomic mass is 16.4. The molecule has 2 aromatic rings. The highest BCUT2D eigenvalue weighted by Crippen LogP contribution is 2.24. The molecule has 3 heteroatoms. The highest BCUT2D eigenvalue weighted by molar-refractivity contribution is 5.65. The fourth-order valence-electron chi connectivity index (χ4n) is 2.22. The standard InChI is InChI=1S/C18H19NO2/c1-19(18(20)21)17(16-12-6-3-7-13-16)14-8-11-15-9-4-2-5-10-15/h2-13,17H,14H2,1H3,(H,20,21)/b11-8-. The Morgan fingerprint density at radius 3 is 2.24 bits per heavy atom. The molecule has 1 unspecified atom stereocenters. The average Bonchev–Trinajstić information content (AvgIpc) is 2.53. The first-order valence-electron chi connectivity index (χ1n) is 6.91. The molecule has 0 saturated heterocycles. The van der Waals surface area contributed by atoms with Gasteiger partial charge in [0, 0.05) is 7.05 Å². The Kier molecular flexibility index (Phi) is 5.16. The monoisotopic (exact) mass is 281 g/mol. The van der Waals surface area contributed by atoms with E-state index in [9.17, 15) is 9.90 Å². The Morgan fingerprint density at radius 1 is 1.10 bits per heavy atom. The predicted molar refractivity (Wildman–Crippen MR) is 85.1 cm³/mol. The lowest BCUT2D eigenvalue weighted by atomic mass is 10.0. The summed E-state index contributed by atoms with van der Waals surface area (Å²) in [6, 6.07) is 19.5. The van der Waals surface area contributed by atoms with Gasteiger partial charge in [-0.15, -0.1) is 0 Å². The molecule has 0 aromatic heterocycles. The van der Waals surface area contributed by atoms with Crippen molar-refractivity contribution < 1.29 is 9.90 Å². The molecule has 0 aliphatic rings. The van der Waals surface area contributed by atoms with Gasteiger partial charge in [-0.05, 0) is 17.5 Å². The quantitative estimate of drug-likeness (QED) is 0.880. The van der Waals surface area contributed by atoms with Crippen LogP contribution in [0.15, 0.2) is 66.7 Å². The minimum atomic E-state index is -0.919. The smallest absolute Gasteiger partial charge is 0.407 e. The van der Waals surface area contributed by atoms with Crippen LogP contribution in [0.4, 0.5) is 4.79 Å². The van der Waals surface area contributed by atoms with Crippen molar-refractivity contribution in [2.45, 2.75) is 12.5 Å². The fourth-order valence-corrected chi connectivity index (χ4v) is 2.22. The molecule has 0 bridgehead atoms. The van der Waals surface area contributed by atoms with Crippen molar-refractivity contribution in [1.29, 1.82) is 0 Å². The number of amides is 1. The Balaban J connectivity index is 2.13. The molecule has 0 heterocycles. The van der Waals surface area contributed by atoms with Gasteiger partial charge < -0.3 is 10.0 Å². The molecule has 2 aromatic carbocycles. The minimum absolute atomic E-state index is 0.177. The summed E-state index contributed by atoms with van der Waals surface area (Å²) >= 11 is 0. The van der Waals surface area contributed by atoms with Crippen molar-refractivity contribution in [3.63, 3.8) is 0 Å². The number of hydrogen-bond acceptors (Lipinski definition) is 1. The summed E-state index contributed by atoms with van der Waals surface area (Å²) < 4.78 is 0. The SMILES string of the molecule is CN(C(=O)O)C(C/C=C\c1ccccc1)c1ccccc1. The maximum atomic E-state index is 11.2. The zero-order chi connectivity index (χ0) is 15.1. The Hall–Kier alpha value is -2.55. The number of carboxylic acid groups (broad SMARTS) is 1. The third-order valence-electron chi connectivity index (χ3n) is 3.42. The molecule has 108 valence electrons. The third-order valence-corrected chi connectivity index (χ3v) is 3.42. The van der Waals surface area contributed by atoms with E-state index in [1.807, 2.05) is 72.8 Å². The predicted octanol–water partition coefficient (Wildman–Crippen LogP) is 4.44. The molecule has 0 saturated carbocycles. The Labute approximate surface area is 125 Å². The first kappa shape index (κ1) is 14.9. The first-order valence-corrected chi connectivity index (χ1v) is 6.91. The highest BCUT2D eigenvalue weighted by Gasteiger charge is 2.19. The average molecular weight is 281 g/mol. The number of carbonyl (C=O) groups is 1. The summed E-state index contributed by atoms with van der Waals surface area (Å²) in [5.74, 6) is 0. The molecule has 0 radical (unpaired) electrons. The Morgan fingerprint density at radius 2 is 1.67 bits per heavy atom. The molecule has 0 fully saturated rings. The summed E-state index contributed by atoms with van der Waals surface area (Å²) in [4.78, 5) is 12.6. The zero-order valence-electron chi connectivity index (χ0n) is 12.0. The van der Waals surface area contributed by atoms with Gasteiger partial charge in [0.2, 0.25) is 0 Å². The van der Waals surface area contributed by atoms with E-state index in [1.54, 1.807) is 7.05 Å². The molecule has 1 atom stereocenters. The van der Waals surface area contributed by atoms with Gasteiger partial charge in [-0.1, -0.05) is 72.8 Å². The number of nitrogens with zero attached hydrogens (tertiary/aromatic N) is 1. The van der Waals surface area contributed by atoms with Gasteiger partial charge >= 0.3 is 6.09 Å². The van der Waals surface area contributed by atoms with Crippen molar-refractivity contribution in [3.05, 3.63) is 77.9 Å². The molecule has 3 nitrogen and oxygen atoms in total. The van der Waals surface area contributed by atoms with Gasteiger partial charge in [-0.25, -0.2) is 4.79 Å². The summed E-state index contributed by atoms with van der Waals surface area (Å²) in [6.07, 6.45) is 3.76. The van der Waals surface area contributed by atoms with E-state index < -0.39 is 6.09 Å². The maximum absolute atomic E-state index is 11.2. The molecule has 0 aliphatic carbocycles. The van der Waals surface area contributed by atoms with Crippen molar-refractivity contribution in [1.82, 2.24) is 4.90 Å². The van der Waals surface area contributed by atoms with E-state index in [-0.39, 0.29) is 6.04 Å². The first-order chi connectivity index (χ1) is 10.2. The molecule has 0 spiro atoms. The van der Waals surface area contributed by atoms with Gasteiger partial charge in [0.1, 0.15) is 0 Å². The van der Waals surface area contributed by atoms with Crippen molar-refractivity contribution in [2.75, 3.05) is 7.05 Å². The molecule has 1 amide bonds. The van der Waals surface area contributed by atoms with Crippen LogP contribution >= 0.6 is 0 Å². The van der Waals surface area contributed by atoms with E-state index in [4.69, 9.17) is 0 Å². The summed E-state index contributed by atoms with van der Waals surface area (Å²) in [7, 11) is 1.61. The van der Waals surface area contributed by atoms with E-state index in [0.29, 0.717) is 6.42 Å². The maximum Gasteiger partial charge on any atom is 0.407 e. The molecule has 1 N–H and O–H groups in total. The van der Waals surface area contributed by atoms with Crippen LogP contribution in [0.5, 0.6) is 0 Å². The molecule has 2 rings (SSSR count). The van der Waals surface area contributed by atoms with Crippen molar-refractivity contribution >= 4 is 12.2 Å². The second kappa shape index (κ2) is 7.29. The summed E-state index contributed by atoms with van der Waals surface area (Å²) in [5, 5.41) is 9.23. The van der Waals surface area contributed by atoms with E-state index in [0.717, 1.165) is 11.1 Å². The van der Waals surface area contributed by atoms with Gasteiger partial charge in [-0.3, -0.25) is 0 Å². The van der Waals surface area contributed by atoms with Crippen LogP contribution in [0.2, 0.25) is 0 Å². The Bertz CT molecular complexity index is 593. The number of benzene rings is 2. The van der Waals surface area contributed by atoms with Crippen molar-refractivity contribution in [2.24, 2.45) is 0 Å². The van der Waals surface area contributed by atoms with E-state index >= 15 is 0 Å². The van der Waals surface area contributed by atoms with Gasteiger partial charge in [-0.2, -0.15) is 0 Å². The third kappa shape index (κ3) is 4.21. The van der Waals surface area contributed by atoms with Crippen LogP contribution in [-0.4, -0.2) is 23.1 Å². The topological polar surface area (TPSA) is 40.5 Å². The lowest BCUT2D eigenvalue weighted by Crippen LogP contribution is -2.29. The van der Waals surface area contributed by atoms with Crippen LogP contribution in [-0.2, 0) is 0 Å². The fraction of sp³-hybridized carbons (Fsp3) is 0.167. The lowest BCUT2D eigenvalue weighted by Gasteiger charge is -2.25. The van der Waals surface area contributed by atoms with Gasteiger partial charge in [0.05, 0.1) is 6.04 Å². The second-order valence-electron chi connectivity index (χ2n) is 4.87. The van der Waals surface area contributed by atoms with E-state index in [1.165, 1.54) is 4.90 Å². The normalized spacial score (nSPS) is 12.2. The molecular weight excluding hydrogens is 262 g/mol. The van der Waals surface area contributed by atoms with E-state index in [2.05, 4.69) is 0 Å². The minimum Gasteiger partial charge on any atom is -0.465 e. The van der Waals surface area contributed by atoms with Crippen LogP contribution in [0.25, 0.3) is 6.08 Å². The van der Waals surface area contributed by atoms with Gasteiger partial charge in [0.15, 0.2) is 0 Å². The summed E-state index contributed by atoms with van der Waals surface area (Å²) in [6.45, 7) is 0. The lowest BCUT2D eigenvalue weighted by molar-refractivity contribution is 0.138. The molecule has 0 aliphatic heterocycles. The summed E-state index contributed by atoms with van der Waals surface area (Å²) in [5.41, 5.74) is 2.11. The molecular formula is C18H19NO2. The second-order valence-corrected chi connectivity index (χ2v) is 4.87. The molecule has 21 heavy (non-hydrogen) atoms. The van der Waals surface area contributed by atoms with Crippen LogP contribution in [0.1, 0.15) is 23.6 Å². The number of hydrogen-bond donors (Lipinski definition) is 1. The number of rotatable bonds is 5. The zero-order valence-corrected chi connectivity index (χ0v) is 12.0. The van der Waals surface area contributed by atoms with Crippen LogP contribution in [0, 0.1) is 0 Å². The van der Waals surface area contributed by atoms with Crippen molar-refractivity contribution in [3.8, 4) is 0 Å². The van der Waals surface area contributed by atoms with Crippen LogP contribution in [0.3, 0.4) is 0 Å².